The fourth-order valence-corrected chi connectivity index (χ4v) is 1.40. The monoisotopic (exact) mass is 166 g/mol. The maximum absolute atomic E-state index is 13.1. The van der Waals surface area contributed by atoms with E-state index in [4.69, 9.17) is 4.74 Å². The van der Waals surface area contributed by atoms with Gasteiger partial charge in [0.05, 0.1) is 5.60 Å². The lowest BCUT2D eigenvalue weighted by molar-refractivity contribution is 0.323. The van der Waals surface area contributed by atoms with Crippen LogP contribution in [0.2, 0.25) is 0 Å². The van der Waals surface area contributed by atoms with Crippen molar-refractivity contribution in [3.05, 3.63) is 35.6 Å². The molecule has 2 heteroatoms. The Labute approximate surface area is 71.2 Å². The second-order valence-corrected chi connectivity index (χ2v) is 3.62. The van der Waals surface area contributed by atoms with Gasteiger partial charge in [-0.15, -0.1) is 0 Å². The lowest BCUT2D eigenvalue weighted by Gasteiger charge is -1.98. The Morgan fingerprint density at radius 3 is 2.42 bits per heavy atom. The molecule has 0 bridgehead atoms. The summed E-state index contributed by atoms with van der Waals surface area (Å²) in [5.41, 5.74) is 0.491. The summed E-state index contributed by atoms with van der Waals surface area (Å²) in [4.78, 5) is 0. The Morgan fingerprint density at radius 1 is 1.33 bits per heavy atom. The summed E-state index contributed by atoms with van der Waals surface area (Å²) in [5.74, 6) is -0.173. The van der Waals surface area contributed by atoms with Crippen molar-refractivity contribution in [2.45, 2.75) is 25.6 Å². The van der Waals surface area contributed by atoms with Crippen LogP contribution in [-0.2, 0) is 4.74 Å². The van der Waals surface area contributed by atoms with E-state index in [0.717, 1.165) is 0 Å². The first-order valence-corrected chi connectivity index (χ1v) is 4.03. The zero-order valence-corrected chi connectivity index (χ0v) is 7.17. The molecular weight excluding hydrogens is 155 g/mol. The van der Waals surface area contributed by atoms with E-state index in [2.05, 4.69) is 0 Å². The van der Waals surface area contributed by atoms with Crippen LogP contribution in [-0.4, -0.2) is 5.60 Å². The molecule has 12 heavy (non-hydrogen) atoms. The third-order valence-electron chi connectivity index (χ3n) is 2.18. The summed E-state index contributed by atoms with van der Waals surface area (Å²) < 4.78 is 18.5. The summed E-state index contributed by atoms with van der Waals surface area (Å²) in [7, 11) is 0. The van der Waals surface area contributed by atoms with E-state index in [-0.39, 0.29) is 17.5 Å². The molecule has 1 aliphatic heterocycles. The standard InChI is InChI=1S/C10H11FO/c1-10(2)9(12-10)7-5-3-4-6-8(7)11/h3-6,9H,1-2H3. The SMILES string of the molecule is CC1(C)OC1c1ccccc1F. The molecule has 0 aromatic heterocycles. The molecule has 1 aromatic rings. The zero-order chi connectivity index (χ0) is 8.77. The molecule has 1 unspecified atom stereocenters. The first-order chi connectivity index (χ1) is 5.61. The number of hydrogen-bond acceptors (Lipinski definition) is 1. The molecule has 1 heterocycles. The van der Waals surface area contributed by atoms with Crippen LogP contribution in [0.15, 0.2) is 24.3 Å². The molecule has 0 saturated carbocycles. The second-order valence-electron chi connectivity index (χ2n) is 3.62. The van der Waals surface area contributed by atoms with Gasteiger partial charge in [-0.25, -0.2) is 4.39 Å². The van der Waals surface area contributed by atoms with Gasteiger partial charge in [0.25, 0.3) is 0 Å². The van der Waals surface area contributed by atoms with Crippen LogP contribution in [0.25, 0.3) is 0 Å². The van der Waals surface area contributed by atoms with Crippen LogP contribution in [0, 0.1) is 5.82 Å². The van der Waals surface area contributed by atoms with Crippen molar-refractivity contribution in [2.75, 3.05) is 0 Å². The second kappa shape index (κ2) is 2.30. The Balaban J connectivity index is 2.31. The molecule has 1 atom stereocenters. The molecule has 0 N–H and O–H groups in total. The highest BCUT2D eigenvalue weighted by Gasteiger charge is 2.49. The summed E-state index contributed by atoms with van der Waals surface area (Å²) in [6.45, 7) is 3.92. The van der Waals surface area contributed by atoms with Crippen molar-refractivity contribution in [3.63, 3.8) is 0 Å². The molecule has 64 valence electrons. The predicted octanol–water partition coefficient (Wildman–Crippen LogP) is 2.68. The van der Waals surface area contributed by atoms with Gasteiger partial charge < -0.3 is 4.74 Å². The number of benzene rings is 1. The minimum absolute atomic E-state index is 0.0568. The van der Waals surface area contributed by atoms with Crippen LogP contribution in [0.1, 0.15) is 25.5 Å². The van der Waals surface area contributed by atoms with E-state index in [9.17, 15) is 4.39 Å². The molecule has 1 saturated heterocycles. The van der Waals surface area contributed by atoms with Gasteiger partial charge in [0.2, 0.25) is 0 Å². The Hall–Kier alpha value is -0.890. The van der Waals surface area contributed by atoms with Crippen LogP contribution in [0.5, 0.6) is 0 Å². The van der Waals surface area contributed by atoms with E-state index >= 15 is 0 Å². The molecule has 1 fully saturated rings. The maximum atomic E-state index is 13.1. The number of hydrogen-bond donors (Lipinski definition) is 0. The molecule has 0 aliphatic carbocycles. The lowest BCUT2D eigenvalue weighted by atomic mass is 10.0. The van der Waals surface area contributed by atoms with E-state index in [1.807, 2.05) is 19.9 Å². The number of ether oxygens (including phenoxy) is 1. The molecule has 0 radical (unpaired) electrons. The largest absolute Gasteiger partial charge is 0.361 e. The number of rotatable bonds is 1. The lowest BCUT2D eigenvalue weighted by Crippen LogP contribution is -1.99. The van der Waals surface area contributed by atoms with Gasteiger partial charge in [0.15, 0.2) is 0 Å². The van der Waals surface area contributed by atoms with E-state index in [1.54, 1.807) is 12.1 Å². The fourth-order valence-electron chi connectivity index (χ4n) is 1.40. The van der Waals surface area contributed by atoms with E-state index < -0.39 is 0 Å². The third-order valence-corrected chi connectivity index (χ3v) is 2.18. The van der Waals surface area contributed by atoms with Crippen molar-refractivity contribution >= 4 is 0 Å². The van der Waals surface area contributed by atoms with Gasteiger partial charge in [-0.05, 0) is 19.9 Å². The van der Waals surface area contributed by atoms with E-state index in [0.29, 0.717) is 5.56 Å². The van der Waals surface area contributed by atoms with Crippen LogP contribution in [0.3, 0.4) is 0 Å². The molecule has 0 spiro atoms. The van der Waals surface area contributed by atoms with Crippen LogP contribution in [0.4, 0.5) is 4.39 Å². The topological polar surface area (TPSA) is 12.5 Å². The van der Waals surface area contributed by atoms with Gasteiger partial charge in [0.1, 0.15) is 11.9 Å². The highest BCUT2D eigenvalue weighted by Crippen LogP contribution is 2.49. The molecule has 0 amide bonds. The summed E-state index contributed by atoms with van der Waals surface area (Å²) in [6, 6.07) is 6.76. The molecule has 1 nitrogen and oxygen atoms in total. The van der Waals surface area contributed by atoms with Gasteiger partial charge in [-0.2, -0.15) is 0 Å². The minimum Gasteiger partial charge on any atom is -0.361 e. The van der Waals surface area contributed by atoms with Crippen molar-refractivity contribution in [1.82, 2.24) is 0 Å². The molecule has 1 aromatic carbocycles. The third kappa shape index (κ3) is 1.12. The van der Waals surface area contributed by atoms with Gasteiger partial charge in [0, 0.05) is 5.56 Å². The minimum atomic E-state index is -0.178. The zero-order valence-electron chi connectivity index (χ0n) is 7.17. The van der Waals surface area contributed by atoms with Crippen molar-refractivity contribution in [2.24, 2.45) is 0 Å². The van der Waals surface area contributed by atoms with Crippen LogP contribution >= 0.6 is 0 Å². The van der Waals surface area contributed by atoms with Crippen molar-refractivity contribution in [1.29, 1.82) is 0 Å². The molecular formula is C10H11FO. The molecule has 1 aliphatic rings. The van der Waals surface area contributed by atoms with E-state index in [1.165, 1.54) is 6.07 Å². The van der Waals surface area contributed by atoms with Gasteiger partial charge in [-0.3, -0.25) is 0 Å². The highest BCUT2D eigenvalue weighted by atomic mass is 19.1. The molecule has 2 rings (SSSR count). The Bertz CT molecular complexity index is 306. The summed E-state index contributed by atoms with van der Waals surface area (Å²) in [5, 5.41) is 0. The average Bonchev–Trinajstić information content (AvgIpc) is 2.61. The Kier molecular flexibility index (Phi) is 1.48. The summed E-state index contributed by atoms with van der Waals surface area (Å²) >= 11 is 0. The quantitative estimate of drug-likeness (QED) is 0.584. The normalized spacial score (nSPS) is 25.4. The average molecular weight is 166 g/mol. The smallest absolute Gasteiger partial charge is 0.129 e. The van der Waals surface area contributed by atoms with Crippen molar-refractivity contribution in [3.8, 4) is 0 Å². The predicted molar refractivity (Wildman–Crippen MR) is 44.3 cm³/mol. The first-order valence-electron chi connectivity index (χ1n) is 4.03. The number of epoxide rings is 1. The van der Waals surface area contributed by atoms with Crippen molar-refractivity contribution < 1.29 is 9.13 Å². The maximum Gasteiger partial charge on any atom is 0.129 e. The van der Waals surface area contributed by atoms with Gasteiger partial charge in [-0.1, -0.05) is 18.2 Å². The summed E-state index contributed by atoms with van der Waals surface area (Å²) in [6.07, 6.45) is -0.0568. The fraction of sp³-hybridized carbons (Fsp3) is 0.400. The van der Waals surface area contributed by atoms with Gasteiger partial charge >= 0.3 is 0 Å². The first kappa shape index (κ1) is 7.74. The number of halogens is 1. The Morgan fingerprint density at radius 2 is 1.92 bits per heavy atom. The van der Waals surface area contributed by atoms with Crippen LogP contribution < -0.4 is 0 Å². The highest BCUT2D eigenvalue weighted by molar-refractivity contribution is 5.26.